The molecule has 0 spiro atoms. The van der Waals surface area contributed by atoms with Crippen LogP contribution in [0.25, 0.3) is 0 Å². The Morgan fingerprint density at radius 3 is 2.00 bits per heavy atom. The van der Waals surface area contributed by atoms with E-state index in [0.29, 0.717) is 17.4 Å². The monoisotopic (exact) mass is 413 g/mol. The topological polar surface area (TPSA) is 89.5 Å². The number of rotatable bonds is 7. The van der Waals surface area contributed by atoms with Crippen molar-refractivity contribution in [1.82, 2.24) is 5.32 Å². The van der Waals surface area contributed by atoms with E-state index in [4.69, 9.17) is 4.74 Å². The minimum Gasteiger partial charge on any atom is -0.447 e. The molecular formula is C21H35NO5S. The van der Waals surface area contributed by atoms with Gasteiger partial charge in [-0.2, -0.15) is 0 Å². The molecule has 2 unspecified atom stereocenters. The third-order valence-corrected chi connectivity index (χ3v) is 6.31. The second-order valence-corrected chi connectivity index (χ2v) is 10.1. The first-order valence-corrected chi connectivity index (χ1v) is 11.3. The lowest BCUT2D eigenvalue weighted by Crippen LogP contribution is -2.49. The van der Waals surface area contributed by atoms with E-state index >= 15 is 0 Å². The van der Waals surface area contributed by atoms with E-state index in [2.05, 4.69) is 5.32 Å². The van der Waals surface area contributed by atoms with Crippen LogP contribution in [0.15, 0.2) is 24.3 Å². The second kappa shape index (κ2) is 11.2. The van der Waals surface area contributed by atoms with Gasteiger partial charge in [0.15, 0.2) is 9.84 Å². The van der Waals surface area contributed by atoms with Crippen molar-refractivity contribution < 1.29 is 22.7 Å². The summed E-state index contributed by atoms with van der Waals surface area (Å²) in [5.41, 5.74) is 0.626. The molecular weight excluding hydrogens is 378 g/mol. The Balaban J connectivity index is 0.00000352. The maximum atomic E-state index is 12.9. The number of sulfone groups is 1. The summed E-state index contributed by atoms with van der Waals surface area (Å²) in [4.78, 5) is 22.7. The Bertz CT molecular complexity index is 718. The van der Waals surface area contributed by atoms with Crippen LogP contribution >= 0.6 is 0 Å². The molecule has 0 aliphatic heterocycles. The van der Waals surface area contributed by atoms with Crippen molar-refractivity contribution in [1.29, 1.82) is 0 Å². The highest BCUT2D eigenvalue weighted by Crippen LogP contribution is 2.28. The van der Waals surface area contributed by atoms with Gasteiger partial charge in [-0.3, -0.25) is 4.79 Å². The van der Waals surface area contributed by atoms with Gasteiger partial charge in [-0.25, -0.2) is 13.2 Å². The Labute approximate surface area is 170 Å². The van der Waals surface area contributed by atoms with Gasteiger partial charge < -0.3 is 10.1 Å². The molecule has 0 saturated heterocycles. The Hall–Kier alpha value is -1.89. The molecule has 0 aromatic heterocycles. The Kier molecular flexibility index (Phi) is 10.4. The van der Waals surface area contributed by atoms with Crippen molar-refractivity contribution in [2.75, 3.05) is 5.75 Å². The van der Waals surface area contributed by atoms with E-state index in [9.17, 15) is 18.0 Å². The zero-order valence-corrected chi connectivity index (χ0v) is 19.1. The molecule has 0 radical (unpaired) electrons. The van der Waals surface area contributed by atoms with Crippen LogP contribution in [-0.4, -0.2) is 38.7 Å². The normalized spacial score (nSPS) is 13.8. The Morgan fingerprint density at radius 2 is 1.61 bits per heavy atom. The fourth-order valence-electron chi connectivity index (χ4n) is 2.33. The van der Waals surface area contributed by atoms with Crippen molar-refractivity contribution in [3.05, 3.63) is 35.4 Å². The minimum absolute atomic E-state index is 0.208. The van der Waals surface area contributed by atoms with Crippen LogP contribution in [0.3, 0.4) is 0 Å². The number of ether oxygens (including phenoxy) is 1. The summed E-state index contributed by atoms with van der Waals surface area (Å²) in [5, 5.41) is 1.93. The molecule has 0 heterocycles. The zero-order valence-electron chi connectivity index (χ0n) is 18.3. The van der Waals surface area contributed by atoms with Gasteiger partial charge in [0.1, 0.15) is 6.29 Å². The number of benzene rings is 1. The zero-order chi connectivity index (χ0) is 22.1. The average molecular weight is 414 g/mol. The van der Waals surface area contributed by atoms with Crippen LogP contribution in [0, 0.1) is 5.41 Å². The summed E-state index contributed by atoms with van der Waals surface area (Å²) in [5.74, 6) is -0.208. The molecule has 0 aliphatic rings. The lowest BCUT2D eigenvalue weighted by molar-refractivity contribution is 0.106. The number of amides is 1. The first-order valence-electron chi connectivity index (χ1n) is 9.60. The second-order valence-electron chi connectivity index (χ2n) is 7.77. The van der Waals surface area contributed by atoms with E-state index in [1.807, 2.05) is 34.6 Å². The van der Waals surface area contributed by atoms with Gasteiger partial charge in [0.2, 0.25) is 0 Å². The summed E-state index contributed by atoms with van der Waals surface area (Å²) in [7, 11) is -3.55. The first-order chi connectivity index (χ1) is 12.9. The fraction of sp³-hybridized carbons (Fsp3) is 0.619. The van der Waals surface area contributed by atoms with Crippen molar-refractivity contribution in [2.24, 2.45) is 5.41 Å². The lowest BCUT2D eigenvalue weighted by atomic mass is 9.88. The average Bonchev–Trinajstić information content (AvgIpc) is 2.60. The third-order valence-electron chi connectivity index (χ3n) is 4.16. The van der Waals surface area contributed by atoms with Crippen LogP contribution in [0.2, 0.25) is 0 Å². The summed E-state index contributed by atoms with van der Waals surface area (Å²) < 4.78 is 30.9. The van der Waals surface area contributed by atoms with E-state index in [-0.39, 0.29) is 11.9 Å². The highest BCUT2D eigenvalue weighted by Gasteiger charge is 2.34. The molecule has 1 aromatic carbocycles. The number of hydrogen-bond donors (Lipinski definition) is 1. The molecule has 0 aliphatic carbocycles. The quantitative estimate of drug-likeness (QED) is 0.662. The predicted octanol–water partition coefficient (Wildman–Crippen LogP) is 4.55. The highest BCUT2D eigenvalue weighted by molar-refractivity contribution is 7.91. The van der Waals surface area contributed by atoms with Crippen LogP contribution in [-0.2, 0) is 14.6 Å². The van der Waals surface area contributed by atoms with Gasteiger partial charge >= 0.3 is 6.09 Å². The molecule has 160 valence electrons. The molecule has 28 heavy (non-hydrogen) atoms. The van der Waals surface area contributed by atoms with Gasteiger partial charge in [0.25, 0.3) is 0 Å². The summed E-state index contributed by atoms with van der Waals surface area (Å²) >= 11 is 0. The summed E-state index contributed by atoms with van der Waals surface area (Å²) in [6, 6.07) is 5.86. The third kappa shape index (κ3) is 8.42. The van der Waals surface area contributed by atoms with Gasteiger partial charge in [0, 0.05) is 5.56 Å². The molecule has 0 bridgehead atoms. The maximum Gasteiger partial charge on any atom is 0.407 e. The maximum absolute atomic E-state index is 12.9. The predicted molar refractivity (Wildman–Crippen MR) is 113 cm³/mol. The SMILES string of the molecule is CC.CC(C)OC(=O)NC(CS(=O)(=O)C(C)c1ccc(C=O)cc1)C(C)(C)C. The fourth-order valence-corrected chi connectivity index (χ4v) is 4.24. The van der Waals surface area contributed by atoms with Crippen LogP contribution in [0.1, 0.15) is 76.6 Å². The van der Waals surface area contributed by atoms with E-state index in [0.717, 1.165) is 0 Å². The molecule has 1 amide bonds. The van der Waals surface area contributed by atoms with Crippen LogP contribution < -0.4 is 5.32 Å². The minimum atomic E-state index is -3.55. The van der Waals surface area contributed by atoms with Crippen LogP contribution in [0.4, 0.5) is 4.79 Å². The van der Waals surface area contributed by atoms with E-state index in [1.165, 1.54) is 0 Å². The van der Waals surface area contributed by atoms with E-state index in [1.54, 1.807) is 45.0 Å². The van der Waals surface area contributed by atoms with Gasteiger partial charge in [-0.15, -0.1) is 0 Å². The summed E-state index contributed by atoms with van der Waals surface area (Å²) in [6.45, 7) is 14.7. The lowest BCUT2D eigenvalue weighted by Gasteiger charge is -2.32. The van der Waals surface area contributed by atoms with Gasteiger partial charge in [-0.1, -0.05) is 58.9 Å². The first kappa shape index (κ1) is 26.1. The number of hydrogen-bond acceptors (Lipinski definition) is 5. The molecule has 0 saturated carbocycles. The van der Waals surface area contributed by atoms with Crippen molar-refractivity contribution in [3.8, 4) is 0 Å². The number of alkyl carbamates (subject to hydrolysis) is 1. The number of carbonyl (C=O) groups is 2. The molecule has 0 fully saturated rings. The number of nitrogens with one attached hydrogen (secondary N) is 1. The van der Waals surface area contributed by atoms with E-state index < -0.39 is 32.6 Å². The molecule has 1 N–H and O–H groups in total. The van der Waals surface area contributed by atoms with Crippen molar-refractivity contribution in [3.63, 3.8) is 0 Å². The highest BCUT2D eigenvalue weighted by atomic mass is 32.2. The molecule has 6 nitrogen and oxygen atoms in total. The number of aldehydes is 1. The van der Waals surface area contributed by atoms with Crippen molar-refractivity contribution >= 4 is 22.2 Å². The van der Waals surface area contributed by atoms with Crippen molar-refractivity contribution in [2.45, 2.75) is 72.8 Å². The van der Waals surface area contributed by atoms with Crippen LogP contribution in [0.5, 0.6) is 0 Å². The van der Waals surface area contributed by atoms with Gasteiger partial charge in [0.05, 0.1) is 23.1 Å². The summed E-state index contributed by atoms with van der Waals surface area (Å²) in [6.07, 6.45) is -0.205. The van der Waals surface area contributed by atoms with Gasteiger partial charge in [-0.05, 0) is 31.7 Å². The Morgan fingerprint density at radius 1 is 1.11 bits per heavy atom. The molecule has 1 rings (SSSR count). The standard InChI is InChI=1S/C19H29NO5S.C2H6/c1-13(2)25-18(22)20-17(19(4,5)6)12-26(23,24)14(3)16-9-7-15(11-21)8-10-16;1-2/h7-11,13-14,17H,12H2,1-6H3,(H,20,22);1-2H3. The largest absolute Gasteiger partial charge is 0.447 e. The molecule has 1 aromatic rings. The molecule has 2 atom stereocenters. The number of carbonyl (C=O) groups excluding carboxylic acids is 2. The molecule has 7 heteroatoms. The smallest absolute Gasteiger partial charge is 0.407 e.